The summed E-state index contributed by atoms with van der Waals surface area (Å²) < 4.78 is 71.4. The number of carbonyl (C=O) groups excluding carboxylic acids is 1. The molecule has 5 rings (SSSR count). The molecule has 2 N–H and O–H groups in total. The van der Waals surface area contributed by atoms with E-state index >= 15 is 0 Å². The Kier molecular flexibility index (Phi) is 6.96. The lowest BCUT2D eigenvalue weighted by Gasteiger charge is -2.27. The van der Waals surface area contributed by atoms with Gasteiger partial charge in [0.1, 0.15) is 16.7 Å². The zero-order valence-electron chi connectivity index (χ0n) is 20.4. The number of amides is 1. The smallest absolute Gasteiger partial charge is 0.379 e. The number of hydrogen-bond donors (Lipinski definition) is 2. The van der Waals surface area contributed by atoms with Crippen LogP contribution >= 0.6 is 0 Å². The van der Waals surface area contributed by atoms with Crippen molar-refractivity contribution >= 4 is 37.7 Å². The Labute approximate surface area is 222 Å². The van der Waals surface area contributed by atoms with Crippen LogP contribution in [-0.2, 0) is 21.3 Å². The van der Waals surface area contributed by atoms with Crippen LogP contribution in [0.2, 0.25) is 0 Å². The lowest BCUT2D eigenvalue weighted by atomic mass is 10.0. The highest BCUT2D eigenvalue weighted by Gasteiger charge is 2.39. The molecule has 2 atom stereocenters. The molecule has 202 valence electrons. The lowest BCUT2D eigenvalue weighted by Crippen LogP contribution is -2.53. The van der Waals surface area contributed by atoms with Gasteiger partial charge in [-0.1, -0.05) is 30.3 Å². The van der Waals surface area contributed by atoms with E-state index < -0.39 is 34.4 Å². The van der Waals surface area contributed by atoms with Crippen molar-refractivity contribution in [2.75, 3.05) is 6.54 Å². The molecule has 0 unspecified atom stereocenters. The molecule has 8 nitrogen and oxygen atoms in total. The number of fused-ring (bicyclic) bond motifs is 2. The summed E-state index contributed by atoms with van der Waals surface area (Å²) in [6.07, 6.45) is -2.79. The van der Waals surface area contributed by atoms with Crippen LogP contribution in [0.25, 0.3) is 21.7 Å². The van der Waals surface area contributed by atoms with Crippen LogP contribution < -0.4 is 9.50 Å². The lowest BCUT2D eigenvalue weighted by molar-refractivity contribution is -0.171. The summed E-state index contributed by atoms with van der Waals surface area (Å²) in [5.41, 5.74) is 0.871. The number of carbonyl (C=O) groups is 1. The van der Waals surface area contributed by atoms with Crippen molar-refractivity contribution in [3.8, 4) is 11.8 Å². The predicted octanol–water partition coefficient (Wildman–Crippen LogP) is 4.62. The Balaban J connectivity index is 1.42. The van der Waals surface area contributed by atoms with Crippen LogP contribution in [0, 0.1) is 11.3 Å². The minimum absolute atomic E-state index is 0.0350. The molecule has 1 aromatic heterocycles. The van der Waals surface area contributed by atoms with E-state index in [0.29, 0.717) is 29.3 Å². The number of aromatic nitrogens is 1. The minimum atomic E-state index is -4.84. The van der Waals surface area contributed by atoms with Gasteiger partial charge in [-0.2, -0.15) is 26.9 Å². The number of halogens is 3. The van der Waals surface area contributed by atoms with Gasteiger partial charge in [-0.25, -0.2) is 5.32 Å². The quantitative estimate of drug-likeness (QED) is 0.254. The van der Waals surface area contributed by atoms with Gasteiger partial charge in [-0.3, -0.25) is 4.79 Å². The molecule has 12 heteroatoms. The van der Waals surface area contributed by atoms with E-state index in [1.807, 2.05) is 18.2 Å². The SMILES string of the molecule is N#C[C@@H]1CCCN1C(=O)[C@H](Cc1c[nH]c2ccc(OS(=O)(=O)c3ccc4ccccc4c3)cc12)NC(F)(F)F. The van der Waals surface area contributed by atoms with E-state index in [0.717, 1.165) is 10.8 Å². The van der Waals surface area contributed by atoms with Crippen LogP contribution in [0.1, 0.15) is 18.4 Å². The van der Waals surface area contributed by atoms with Gasteiger partial charge >= 0.3 is 16.4 Å². The Morgan fingerprint density at radius 1 is 1.15 bits per heavy atom. The average molecular weight is 557 g/mol. The predicted molar refractivity (Wildman–Crippen MR) is 137 cm³/mol. The van der Waals surface area contributed by atoms with E-state index in [1.54, 1.807) is 24.3 Å². The largest absolute Gasteiger partial charge is 0.457 e. The van der Waals surface area contributed by atoms with E-state index in [9.17, 15) is 31.6 Å². The third-order valence-corrected chi connectivity index (χ3v) is 7.94. The molecule has 3 aromatic carbocycles. The number of H-pyrrole nitrogens is 1. The molecule has 0 bridgehead atoms. The maximum Gasteiger partial charge on any atom is 0.457 e. The van der Waals surface area contributed by atoms with Crippen molar-refractivity contribution in [3.05, 3.63) is 72.4 Å². The van der Waals surface area contributed by atoms with Crippen molar-refractivity contribution in [1.82, 2.24) is 15.2 Å². The molecule has 1 saturated heterocycles. The standard InChI is InChI=1S/C27H23F3N4O4S/c28-27(29,30)33-25(26(35)34-11-3-6-20(34)15-31)13-19-16-32-24-10-8-21(14-23(19)24)38-39(36,37)22-9-7-17-4-1-2-5-18(17)12-22/h1-2,4-5,7-10,12,14,16,20,25,32-33H,3,6,11,13H2/t20-,25-/m0/s1. The second kappa shape index (κ2) is 10.2. The average Bonchev–Trinajstić information content (AvgIpc) is 3.53. The molecular weight excluding hydrogens is 533 g/mol. The van der Waals surface area contributed by atoms with Crippen LogP contribution in [0.3, 0.4) is 0 Å². The fourth-order valence-electron chi connectivity index (χ4n) is 4.86. The van der Waals surface area contributed by atoms with E-state index in [4.69, 9.17) is 4.18 Å². The molecule has 1 fully saturated rings. The Morgan fingerprint density at radius 2 is 1.92 bits per heavy atom. The molecule has 1 aliphatic heterocycles. The molecular formula is C27H23F3N4O4S. The Hall–Kier alpha value is -4.08. The fourth-order valence-corrected chi connectivity index (χ4v) is 5.82. The van der Waals surface area contributed by atoms with Crippen LogP contribution in [-0.4, -0.2) is 49.1 Å². The Morgan fingerprint density at radius 3 is 2.67 bits per heavy atom. The van der Waals surface area contributed by atoms with Crippen LogP contribution in [0.15, 0.2) is 71.8 Å². The van der Waals surface area contributed by atoms with Gasteiger partial charge in [0.2, 0.25) is 5.91 Å². The summed E-state index contributed by atoms with van der Waals surface area (Å²) in [4.78, 5) is 17.1. The maximum atomic E-state index is 13.3. The first-order valence-corrected chi connectivity index (χ1v) is 13.5. The number of likely N-dealkylation sites (tertiary alicyclic amines) is 1. The number of nitriles is 1. The number of aromatic amines is 1. The van der Waals surface area contributed by atoms with Gasteiger partial charge in [0, 0.05) is 23.6 Å². The van der Waals surface area contributed by atoms with Gasteiger partial charge in [0.05, 0.1) is 12.1 Å². The summed E-state index contributed by atoms with van der Waals surface area (Å²) in [7, 11) is -4.21. The topological polar surface area (TPSA) is 115 Å². The number of nitrogens with zero attached hydrogens (tertiary/aromatic N) is 2. The molecule has 2 heterocycles. The molecule has 4 aromatic rings. The molecule has 0 spiro atoms. The molecule has 0 radical (unpaired) electrons. The zero-order valence-corrected chi connectivity index (χ0v) is 21.2. The van der Waals surface area contributed by atoms with Gasteiger partial charge < -0.3 is 14.1 Å². The first kappa shape index (κ1) is 26.5. The fraction of sp³-hybridized carbons (Fsp3) is 0.259. The second-order valence-electron chi connectivity index (χ2n) is 9.29. The highest BCUT2D eigenvalue weighted by Crippen LogP contribution is 2.29. The van der Waals surface area contributed by atoms with Gasteiger partial charge in [-0.15, -0.1) is 0 Å². The van der Waals surface area contributed by atoms with Crippen LogP contribution in [0.4, 0.5) is 13.2 Å². The number of hydrogen-bond acceptors (Lipinski definition) is 6. The van der Waals surface area contributed by atoms with Crippen LogP contribution in [0.5, 0.6) is 5.75 Å². The van der Waals surface area contributed by atoms with Crippen molar-refractivity contribution in [1.29, 1.82) is 5.26 Å². The van der Waals surface area contributed by atoms with Gasteiger partial charge in [-0.05, 0) is 65.9 Å². The van der Waals surface area contributed by atoms with Crippen molar-refractivity contribution in [3.63, 3.8) is 0 Å². The van der Waals surface area contributed by atoms with Gasteiger partial charge in [0.25, 0.3) is 0 Å². The van der Waals surface area contributed by atoms with E-state index in [1.165, 1.54) is 40.7 Å². The summed E-state index contributed by atoms with van der Waals surface area (Å²) in [6, 6.07) is 15.8. The molecule has 39 heavy (non-hydrogen) atoms. The zero-order chi connectivity index (χ0) is 27.8. The number of rotatable bonds is 7. The number of benzene rings is 3. The maximum absolute atomic E-state index is 13.3. The monoisotopic (exact) mass is 556 g/mol. The third-order valence-electron chi connectivity index (χ3n) is 6.70. The molecule has 0 aliphatic carbocycles. The van der Waals surface area contributed by atoms with Crippen molar-refractivity contribution < 1.29 is 30.6 Å². The third kappa shape index (κ3) is 5.69. The summed E-state index contributed by atoms with van der Waals surface area (Å²) >= 11 is 0. The number of nitrogens with one attached hydrogen (secondary N) is 2. The summed E-state index contributed by atoms with van der Waals surface area (Å²) in [5.74, 6) is -0.857. The first-order chi connectivity index (χ1) is 18.5. The number of alkyl halides is 3. The summed E-state index contributed by atoms with van der Waals surface area (Å²) in [5, 5.41) is 12.7. The van der Waals surface area contributed by atoms with E-state index in [2.05, 4.69) is 4.98 Å². The van der Waals surface area contributed by atoms with Gasteiger partial charge in [0.15, 0.2) is 0 Å². The highest BCUT2D eigenvalue weighted by molar-refractivity contribution is 7.87. The molecule has 1 aliphatic rings. The highest BCUT2D eigenvalue weighted by atomic mass is 32.2. The van der Waals surface area contributed by atoms with E-state index in [-0.39, 0.29) is 23.6 Å². The Bertz CT molecular complexity index is 1690. The van der Waals surface area contributed by atoms with Crippen molar-refractivity contribution in [2.24, 2.45) is 0 Å². The normalized spacial score (nSPS) is 16.9. The molecule has 1 amide bonds. The van der Waals surface area contributed by atoms with Crippen molar-refractivity contribution in [2.45, 2.75) is 42.5 Å². The minimum Gasteiger partial charge on any atom is -0.379 e. The first-order valence-electron chi connectivity index (χ1n) is 12.1. The summed E-state index contributed by atoms with van der Waals surface area (Å²) in [6.45, 7) is 0.200. The molecule has 0 saturated carbocycles. The second-order valence-corrected chi connectivity index (χ2v) is 10.8.